The monoisotopic (exact) mass is 269 g/mol. The summed E-state index contributed by atoms with van der Waals surface area (Å²) in [6.07, 6.45) is 6.43. The molecule has 1 aromatic carbocycles. The van der Waals surface area contributed by atoms with E-state index in [0.29, 0.717) is 6.04 Å². The lowest BCUT2D eigenvalue weighted by molar-refractivity contribution is 0.302. The molecule has 1 nitrogen and oxygen atoms in total. The molecule has 108 valence electrons. The highest BCUT2D eigenvalue weighted by atomic mass is 14.9. The van der Waals surface area contributed by atoms with Crippen molar-refractivity contribution in [1.29, 1.82) is 0 Å². The Morgan fingerprint density at radius 3 is 2.15 bits per heavy atom. The van der Waals surface area contributed by atoms with Crippen molar-refractivity contribution in [2.75, 3.05) is 0 Å². The molecule has 0 spiro atoms. The summed E-state index contributed by atoms with van der Waals surface area (Å²) >= 11 is 0. The van der Waals surface area contributed by atoms with Crippen LogP contribution in [-0.2, 0) is 6.42 Å². The van der Waals surface area contributed by atoms with E-state index in [2.05, 4.69) is 56.6 Å². The first kappa shape index (κ1) is 14.9. The van der Waals surface area contributed by atoms with Crippen LogP contribution in [0, 0.1) is 5.92 Å². The number of nitrogens with one attached hydrogen (secondary N) is 1. The van der Waals surface area contributed by atoms with Gasteiger partial charge in [-0.15, -0.1) is 0 Å². The second-order valence-corrected chi connectivity index (χ2v) is 6.32. The first-order valence-corrected chi connectivity index (χ1v) is 7.71. The highest BCUT2D eigenvalue weighted by Gasteiger charge is 2.20. The fourth-order valence-electron chi connectivity index (χ4n) is 3.12. The molecule has 1 aromatic rings. The van der Waals surface area contributed by atoms with Gasteiger partial charge in [0.1, 0.15) is 0 Å². The second-order valence-electron chi connectivity index (χ2n) is 6.32. The van der Waals surface area contributed by atoms with Gasteiger partial charge in [0.2, 0.25) is 0 Å². The molecule has 2 rings (SSSR count). The van der Waals surface area contributed by atoms with Gasteiger partial charge in [0.05, 0.1) is 0 Å². The van der Waals surface area contributed by atoms with Gasteiger partial charge in [0.25, 0.3) is 0 Å². The maximum atomic E-state index is 3.99. The SMILES string of the molecule is C=C(C)NC1CCC(Cc2ccc(C(=C)C)cc2)CC1. The minimum atomic E-state index is 0.648. The summed E-state index contributed by atoms with van der Waals surface area (Å²) < 4.78 is 0. The summed E-state index contributed by atoms with van der Waals surface area (Å²) in [5.74, 6) is 0.842. The Morgan fingerprint density at radius 1 is 1.05 bits per heavy atom. The maximum absolute atomic E-state index is 3.99. The van der Waals surface area contributed by atoms with Gasteiger partial charge >= 0.3 is 0 Å². The van der Waals surface area contributed by atoms with E-state index >= 15 is 0 Å². The molecule has 1 fully saturated rings. The molecule has 0 heterocycles. The van der Waals surface area contributed by atoms with Crippen molar-refractivity contribution in [2.24, 2.45) is 5.92 Å². The van der Waals surface area contributed by atoms with Crippen LogP contribution < -0.4 is 5.32 Å². The largest absolute Gasteiger partial charge is 0.386 e. The molecule has 20 heavy (non-hydrogen) atoms. The van der Waals surface area contributed by atoms with Crippen LogP contribution in [0.2, 0.25) is 0 Å². The first-order chi connectivity index (χ1) is 9.54. The summed E-state index contributed by atoms with van der Waals surface area (Å²) in [6.45, 7) is 12.0. The lowest BCUT2D eigenvalue weighted by Crippen LogP contribution is -2.32. The maximum Gasteiger partial charge on any atom is 0.0258 e. The molecule has 0 bridgehead atoms. The molecule has 0 saturated heterocycles. The van der Waals surface area contributed by atoms with E-state index in [9.17, 15) is 0 Å². The zero-order chi connectivity index (χ0) is 14.5. The summed E-state index contributed by atoms with van der Waals surface area (Å²) in [5.41, 5.74) is 4.96. The van der Waals surface area contributed by atoms with Gasteiger partial charge in [-0.1, -0.05) is 43.0 Å². The predicted molar refractivity (Wildman–Crippen MR) is 88.5 cm³/mol. The molecule has 0 amide bonds. The molecule has 1 saturated carbocycles. The minimum absolute atomic E-state index is 0.648. The van der Waals surface area contributed by atoms with Crippen LogP contribution in [0.4, 0.5) is 0 Å². The fourth-order valence-corrected chi connectivity index (χ4v) is 3.12. The van der Waals surface area contributed by atoms with Gasteiger partial charge in [-0.25, -0.2) is 0 Å². The predicted octanol–water partition coefficient (Wildman–Crippen LogP) is 4.94. The molecule has 0 atom stereocenters. The van der Waals surface area contributed by atoms with Gasteiger partial charge in [-0.3, -0.25) is 0 Å². The Kier molecular flexibility index (Phi) is 5.05. The number of hydrogen-bond acceptors (Lipinski definition) is 1. The Bertz CT molecular complexity index is 461. The second kappa shape index (κ2) is 6.78. The Balaban J connectivity index is 1.83. The molecule has 1 aliphatic carbocycles. The lowest BCUT2D eigenvalue weighted by atomic mass is 9.82. The van der Waals surface area contributed by atoms with Crippen LogP contribution in [0.25, 0.3) is 5.57 Å². The van der Waals surface area contributed by atoms with E-state index in [0.717, 1.165) is 17.2 Å². The van der Waals surface area contributed by atoms with E-state index < -0.39 is 0 Å². The molecule has 0 aliphatic heterocycles. The number of hydrogen-bond donors (Lipinski definition) is 1. The molecule has 0 radical (unpaired) electrons. The van der Waals surface area contributed by atoms with E-state index in [1.165, 1.54) is 43.2 Å². The Hall–Kier alpha value is -1.50. The summed E-state index contributed by atoms with van der Waals surface area (Å²) in [5, 5.41) is 3.48. The smallest absolute Gasteiger partial charge is 0.0258 e. The van der Waals surface area contributed by atoms with E-state index in [-0.39, 0.29) is 0 Å². The van der Waals surface area contributed by atoms with Gasteiger partial charge in [-0.05, 0) is 63.0 Å². The van der Waals surface area contributed by atoms with Crippen molar-refractivity contribution in [3.63, 3.8) is 0 Å². The van der Waals surface area contributed by atoms with Crippen molar-refractivity contribution < 1.29 is 0 Å². The van der Waals surface area contributed by atoms with Crippen molar-refractivity contribution >= 4 is 5.57 Å². The van der Waals surface area contributed by atoms with E-state index in [1.54, 1.807) is 0 Å². The zero-order valence-corrected chi connectivity index (χ0v) is 12.9. The van der Waals surface area contributed by atoms with Gasteiger partial charge in [-0.2, -0.15) is 0 Å². The zero-order valence-electron chi connectivity index (χ0n) is 12.9. The number of benzene rings is 1. The molecule has 1 N–H and O–H groups in total. The third kappa shape index (κ3) is 4.26. The molecular weight excluding hydrogens is 242 g/mol. The van der Waals surface area contributed by atoms with Crippen molar-refractivity contribution in [2.45, 2.75) is 52.0 Å². The summed E-state index contributed by atoms with van der Waals surface area (Å²) in [6, 6.07) is 9.58. The van der Waals surface area contributed by atoms with Crippen LogP contribution in [0.5, 0.6) is 0 Å². The van der Waals surface area contributed by atoms with E-state index in [1.807, 2.05) is 0 Å². The Morgan fingerprint density at radius 2 is 1.65 bits per heavy atom. The Labute approximate surface area is 123 Å². The topological polar surface area (TPSA) is 12.0 Å². The van der Waals surface area contributed by atoms with Crippen LogP contribution in [0.3, 0.4) is 0 Å². The highest BCUT2D eigenvalue weighted by molar-refractivity contribution is 5.61. The fraction of sp³-hybridized carbons (Fsp3) is 0.474. The van der Waals surface area contributed by atoms with Crippen molar-refractivity contribution in [1.82, 2.24) is 5.32 Å². The summed E-state index contributed by atoms with van der Waals surface area (Å²) in [7, 11) is 0. The molecule has 1 aliphatic rings. The third-order valence-electron chi connectivity index (χ3n) is 4.27. The van der Waals surface area contributed by atoms with Gasteiger partial charge in [0, 0.05) is 11.7 Å². The lowest BCUT2D eigenvalue weighted by Gasteiger charge is -2.30. The number of rotatable bonds is 5. The van der Waals surface area contributed by atoms with Gasteiger partial charge in [0.15, 0.2) is 0 Å². The molecular formula is C19H27N. The number of allylic oxidation sites excluding steroid dienone is 2. The van der Waals surface area contributed by atoms with Crippen molar-refractivity contribution in [3.8, 4) is 0 Å². The summed E-state index contributed by atoms with van der Waals surface area (Å²) in [4.78, 5) is 0. The first-order valence-electron chi connectivity index (χ1n) is 7.71. The van der Waals surface area contributed by atoms with Crippen LogP contribution in [-0.4, -0.2) is 6.04 Å². The molecule has 0 unspecified atom stereocenters. The molecule has 1 heteroatoms. The minimum Gasteiger partial charge on any atom is -0.386 e. The standard InChI is InChI=1S/C19H27N/c1-14(2)18-9-5-16(6-10-18)13-17-7-11-19(12-8-17)20-15(3)4/h5-6,9-10,17,19-20H,1,3,7-8,11-13H2,2,4H3. The average Bonchev–Trinajstić information content (AvgIpc) is 2.41. The normalized spacial score (nSPS) is 22.3. The van der Waals surface area contributed by atoms with Gasteiger partial charge < -0.3 is 5.32 Å². The quantitative estimate of drug-likeness (QED) is 0.798. The average molecular weight is 269 g/mol. The third-order valence-corrected chi connectivity index (χ3v) is 4.27. The van der Waals surface area contributed by atoms with E-state index in [4.69, 9.17) is 0 Å². The van der Waals surface area contributed by atoms with Crippen LogP contribution in [0.15, 0.2) is 43.1 Å². The highest BCUT2D eigenvalue weighted by Crippen LogP contribution is 2.28. The molecule has 0 aromatic heterocycles. The van der Waals surface area contributed by atoms with Crippen LogP contribution in [0.1, 0.15) is 50.7 Å². The van der Waals surface area contributed by atoms with Crippen molar-refractivity contribution in [3.05, 3.63) is 54.2 Å². The van der Waals surface area contributed by atoms with Crippen LogP contribution >= 0.6 is 0 Å².